The highest BCUT2D eigenvalue weighted by molar-refractivity contribution is 9.10. The van der Waals surface area contributed by atoms with Gasteiger partial charge in [0.05, 0.1) is 19.8 Å². The fraction of sp³-hybridized carbons (Fsp3) is 0.188. The Bertz CT molecular complexity index is 678. The van der Waals surface area contributed by atoms with Gasteiger partial charge in [-0.1, -0.05) is 0 Å². The van der Waals surface area contributed by atoms with Gasteiger partial charge < -0.3 is 9.47 Å². The molecule has 110 valence electrons. The maximum Gasteiger partial charge on any atom is 0.196 e. The molecular weight excluding hydrogens is 339 g/mol. The van der Waals surface area contributed by atoms with E-state index in [-0.39, 0.29) is 11.3 Å². The zero-order chi connectivity index (χ0) is 15.6. The van der Waals surface area contributed by atoms with Gasteiger partial charge in [-0.2, -0.15) is 0 Å². The lowest BCUT2D eigenvalue weighted by molar-refractivity contribution is 0.103. The summed E-state index contributed by atoms with van der Waals surface area (Å²) in [5.41, 5.74) is 1.31. The van der Waals surface area contributed by atoms with Crippen LogP contribution >= 0.6 is 15.9 Å². The number of aryl methyl sites for hydroxylation is 1. The molecule has 0 saturated heterocycles. The van der Waals surface area contributed by atoms with Gasteiger partial charge in [0.25, 0.3) is 0 Å². The summed E-state index contributed by atoms with van der Waals surface area (Å²) in [7, 11) is 2.99. The summed E-state index contributed by atoms with van der Waals surface area (Å²) in [4.78, 5) is 12.6. The van der Waals surface area contributed by atoms with Gasteiger partial charge in [-0.15, -0.1) is 0 Å². The van der Waals surface area contributed by atoms with Crippen molar-refractivity contribution in [2.75, 3.05) is 14.2 Å². The Labute approximate surface area is 130 Å². The average Bonchev–Trinajstić information content (AvgIpc) is 2.45. The molecule has 0 bridgehead atoms. The number of ketones is 1. The molecule has 0 atom stereocenters. The highest BCUT2D eigenvalue weighted by Gasteiger charge is 2.20. The Morgan fingerprint density at radius 1 is 1.14 bits per heavy atom. The molecule has 0 aromatic heterocycles. The van der Waals surface area contributed by atoms with E-state index in [1.165, 1.54) is 26.4 Å². The zero-order valence-corrected chi connectivity index (χ0v) is 13.5. The Balaban J connectivity index is 2.55. The quantitative estimate of drug-likeness (QED) is 0.775. The second kappa shape index (κ2) is 6.26. The van der Waals surface area contributed by atoms with E-state index in [4.69, 9.17) is 9.47 Å². The Kier molecular flexibility index (Phi) is 4.63. The van der Waals surface area contributed by atoms with E-state index in [2.05, 4.69) is 15.9 Å². The van der Waals surface area contributed by atoms with Crippen molar-refractivity contribution in [1.82, 2.24) is 0 Å². The molecule has 0 heterocycles. The molecule has 0 aliphatic rings. The van der Waals surface area contributed by atoms with E-state index >= 15 is 0 Å². The van der Waals surface area contributed by atoms with Gasteiger partial charge in [0.15, 0.2) is 5.78 Å². The van der Waals surface area contributed by atoms with Gasteiger partial charge in [0, 0.05) is 5.56 Å². The van der Waals surface area contributed by atoms with Crippen LogP contribution in [0.25, 0.3) is 0 Å². The van der Waals surface area contributed by atoms with Crippen molar-refractivity contribution < 1.29 is 18.7 Å². The summed E-state index contributed by atoms with van der Waals surface area (Å²) >= 11 is 3.35. The predicted octanol–water partition coefficient (Wildman–Crippen LogP) is 4.14. The van der Waals surface area contributed by atoms with Crippen molar-refractivity contribution in [2.45, 2.75) is 6.92 Å². The number of hydrogen-bond donors (Lipinski definition) is 0. The van der Waals surface area contributed by atoms with Crippen LogP contribution in [0.2, 0.25) is 0 Å². The first-order valence-corrected chi connectivity index (χ1v) is 6.99. The lowest BCUT2D eigenvalue weighted by Gasteiger charge is -2.13. The Morgan fingerprint density at radius 3 is 2.43 bits per heavy atom. The molecule has 2 rings (SSSR count). The van der Waals surface area contributed by atoms with Crippen molar-refractivity contribution in [3.63, 3.8) is 0 Å². The van der Waals surface area contributed by atoms with E-state index in [0.717, 1.165) is 0 Å². The molecule has 0 aliphatic carbocycles. The van der Waals surface area contributed by atoms with Gasteiger partial charge in [-0.25, -0.2) is 4.39 Å². The van der Waals surface area contributed by atoms with Crippen LogP contribution in [0.3, 0.4) is 0 Å². The van der Waals surface area contributed by atoms with E-state index in [9.17, 15) is 9.18 Å². The number of ether oxygens (including phenoxy) is 2. The Morgan fingerprint density at radius 2 is 1.86 bits per heavy atom. The maximum atomic E-state index is 13.5. The van der Waals surface area contributed by atoms with E-state index in [1.807, 2.05) is 0 Å². The SMILES string of the molecule is COc1ccc(C(=O)c2cc(C)cc(F)c2)c(OC)c1Br. The summed E-state index contributed by atoms with van der Waals surface area (Å²) in [6.45, 7) is 1.74. The van der Waals surface area contributed by atoms with Crippen LogP contribution in [0.5, 0.6) is 11.5 Å². The molecule has 3 nitrogen and oxygen atoms in total. The Hall–Kier alpha value is -1.88. The largest absolute Gasteiger partial charge is 0.495 e. The highest BCUT2D eigenvalue weighted by Crippen LogP contribution is 2.38. The van der Waals surface area contributed by atoms with Gasteiger partial charge >= 0.3 is 0 Å². The molecule has 0 amide bonds. The number of benzene rings is 2. The van der Waals surface area contributed by atoms with Crippen molar-refractivity contribution in [3.8, 4) is 11.5 Å². The average molecular weight is 353 g/mol. The first-order chi connectivity index (χ1) is 9.97. The molecule has 0 saturated carbocycles. The van der Waals surface area contributed by atoms with Gasteiger partial charge in [-0.05, 0) is 58.7 Å². The normalized spacial score (nSPS) is 10.3. The van der Waals surface area contributed by atoms with Crippen LogP contribution in [0.4, 0.5) is 4.39 Å². The number of carbonyl (C=O) groups is 1. The van der Waals surface area contributed by atoms with Gasteiger partial charge in [0.1, 0.15) is 21.8 Å². The highest BCUT2D eigenvalue weighted by atomic mass is 79.9. The van der Waals surface area contributed by atoms with Crippen LogP contribution in [-0.2, 0) is 0 Å². The number of rotatable bonds is 4. The van der Waals surface area contributed by atoms with Crippen molar-refractivity contribution in [3.05, 3.63) is 57.3 Å². The number of halogens is 2. The molecule has 2 aromatic carbocycles. The summed E-state index contributed by atoms with van der Waals surface area (Å²) in [6.07, 6.45) is 0. The van der Waals surface area contributed by atoms with Crippen LogP contribution in [-0.4, -0.2) is 20.0 Å². The fourth-order valence-electron chi connectivity index (χ4n) is 2.10. The van der Waals surface area contributed by atoms with Crippen molar-refractivity contribution in [2.24, 2.45) is 0 Å². The third kappa shape index (κ3) is 3.08. The molecule has 0 spiro atoms. The predicted molar refractivity (Wildman–Crippen MR) is 81.8 cm³/mol. The molecule has 0 aliphatic heterocycles. The third-order valence-electron chi connectivity index (χ3n) is 3.03. The molecule has 5 heteroatoms. The molecular formula is C16H14BrFO3. The molecule has 0 radical (unpaired) electrons. The van der Waals surface area contributed by atoms with Gasteiger partial charge in [0.2, 0.25) is 0 Å². The molecule has 0 unspecified atom stereocenters. The summed E-state index contributed by atoms with van der Waals surface area (Å²) in [5, 5.41) is 0. The lowest BCUT2D eigenvalue weighted by Crippen LogP contribution is -2.06. The first kappa shape index (κ1) is 15.5. The summed E-state index contributed by atoms with van der Waals surface area (Å²) in [5.74, 6) is 0.169. The number of carbonyl (C=O) groups excluding carboxylic acids is 1. The summed E-state index contributed by atoms with van der Waals surface area (Å²) in [6, 6.07) is 7.49. The molecule has 0 fully saturated rings. The fourth-order valence-corrected chi connectivity index (χ4v) is 2.77. The topological polar surface area (TPSA) is 35.5 Å². The minimum atomic E-state index is -0.440. The van der Waals surface area contributed by atoms with Crippen LogP contribution in [0.1, 0.15) is 21.5 Å². The minimum Gasteiger partial charge on any atom is -0.495 e. The summed E-state index contributed by atoms with van der Waals surface area (Å²) < 4.78 is 24.5. The van der Waals surface area contributed by atoms with Crippen LogP contribution < -0.4 is 9.47 Å². The van der Waals surface area contributed by atoms with E-state index in [1.54, 1.807) is 25.1 Å². The van der Waals surface area contributed by atoms with Gasteiger partial charge in [-0.3, -0.25) is 4.79 Å². The number of methoxy groups -OCH3 is 2. The number of hydrogen-bond acceptors (Lipinski definition) is 3. The zero-order valence-electron chi connectivity index (χ0n) is 11.9. The third-order valence-corrected chi connectivity index (χ3v) is 3.79. The monoisotopic (exact) mass is 352 g/mol. The molecule has 0 N–H and O–H groups in total. The molecule has 21 heavy (non-hydrogen) atoms. The van der Waals surface area contributed by atoms with Crippen molar-refractivity contribution >= 4 is 21.7 Å². The smallest absolute Gasteiger partial charge is 0.196 e. The lowest BCUT2D eigenvalue weighted by atomic mass is 10.0. The second-order valence-electron chi connectivity index (χ2n) is 4.51. The van der Waals surface area contributed by atoms with Crippen molar-refractivity contribution in [1.29, 1.82) is 0 Å². The molecule has 2 aromatic rings. The van der Waals surface area contributed by atoms with E-state index < -0.39 is 5.82 Å². The standard InChI is InChI=1S/C16H14BrFO3/c1-9-6-10(8-11(18)7-9)15(19)12-4-5-13(20-2)14(17)16(12)21-3/h4-8H,1-3H3. The minimum absolute atomic E-state index is 0.280. The van der Waals surface area contributed by atoms with Crippen LogP contribution in [0.15, 0.2) is 34.8 Å². The van der Waals surface area contributed by atoms with E-state index in [0.29, 0.717) is 27.1 Å². The first-order valence-electron chi connectivity index (χ1n) is 6.20. The maximum absolute atomic E-state index is 13.5. The second-order valence-corrected chi connectivity index (χ2v) is 5.30. The van der Waals surface area contributed by atoms with Crippen LogP contribution in [0, 0.1) is 12.7 Å².